The number of carbonyl (C=O) groups is 2. The molecule has 7 heteroatoms. The van der Waals surface area contributed by atoms with E-state index in [-0.39, 0.29) is 24.5 Å². The number of ether oxygens (including phenoxy) is 1. The lowest BCUT2D eigenvalue weighted by Crippen LogP contribution is -2.67. The molecule has 0 radical (unpaired) electrons. The lowest BCUT2D eigenvalue weighted by atomic mass is 9.85. The number of rotatable bonds is 3. The summed E-state index contributed by atoms with van der Waals surface area (Å²) in [7, 11) is 0. The van der Waals surface area contributed by atoms with E-state index < -0.39 is 5.60 Å². The molecular formula is C21H24N4O3. The van der Waals surface area contributed by atoms with Crippen molar-refractivity contribution >= 4 is 11.8 Å². The van der Waals surface area contributed by atoms with Crippen LogP contribution in [0.25, 0.3) is 0 Å². The largest absolute Gasteiger partial charge is 0.363 e. The second kappa shape index (κ2) is 7.31. The van der Waals surface area contributed by atoms with Crippen LogP contribution in [-0.4, -0.2) is 62.9 Å². The van der Waals surface area contributed by atoms with Gasteiger partial charge in [0.2, 0.25) is 5.91 Å². The summed E-state index contributed by atoms with van der Waals surface area (Å²) < 4.78 is 5.95. The molecule has 2 saturated heterocycles. The zero-order valence-corrected chi connectivity index (χ0v) is 16.2. The molecular weight excluding hydrogens is 356 g/mol. The van der Waals surface area contributed by atoms with Gasteiger partial charge in [0.15, 0.2) is 0 Å². The molecule has 1 aromatic carbocycles. The zero-order valence-electron chi connectivity index (χ0n) is 16.2. The average molecular weight is 380 g/mol. The topological polar surface area (TPSA) is 75.6 Å². The highest BCUT2D eigenvalue weighted by molar-refractivity contribution is 5.95. The molecule has 2 fully saturated rings. The Labute approximate surface area is 164 Å². The minimum absolute atomic E-state index is 0.0418. The van der Waals surface area contributed by atoms with Crippen LogP contribution in [0.4, 0.5) is 0 Å². The average Bonchev–Trinajstić information content (AvgIpc) is 2.71. The van der Waals surface area contributed by atoms with Gasteiger partial charge in [0.05, 0.1) is 22.9 Å². The summed E-state index contributed by atoms with van der Waals surface area (Å²) in [6, 6.07) is 9.71. The molecule has 0 spiro atoms. The molecule has 0 bridgehead atoms. The number of hydrogen-bond acceptors (Lipinski definition) is 5. The molecule has 3 heterocycles. The van der Waals surface area contributed by atoms with E-state index in [0.29, 0.717) is 37.3 Å². The predicted molar refractivity (Wildman–Crippen MR) is 102 cm³/mol. The molecule has 2 aliphatic rings. The van der Waals surface area contributed by atoms with Crippen molar-refractivity contribution in [2.45, 2.75) is 38.5 Å². The van der Waals surface area contributed by atoms with E-state index >= 15 is 0 Å². The van der Waals surface area contributed by atoms with Gasteiger partial charge in [-0.1, -0.05) is 30.3 Å². The van der Waals surface area contributed by atoms with Crippen LogP contribution in [0.2, 0.25) is 0 Å². The van der Waals surface area contributed by atoms with E-state index in [0.717, 1.165) is 5.56 Å². The monoisotopic (exact) mass is 380 g/mol. The summed E-state index contributed by atoms with van der Waals surface area (Å²) in [5, 5.41) is 0. The summed E-state index contributed by atoms with van der Waals surface area (Å²) in [6.07, 6.45) is 3.67. The summed E-state index contributed by atoms with van der Waals surface area (Å²) in [5.74, 6) is -0.141. The molecule has 146 valence electrons. The van der Waals surface area contributed by atoms with Crippen molar-refractivity contribution in [2.24, 2.45) is 0 Å². The van der Waals surface area contributed by atoms with E-state index in [1.54, 1.807) is 18.0 Å². The summed E-state index contributed by atoms with van der Waals surface area (Å²) in [5.41, 5.74) is 1.77. The number of morpholine rings is 1. The fourth-order valence-electron chi connectivity index (χ4n) is 4.03. The molecule has 7 nitrogen and oxygen atoms in total. The number of nitrogens with zero attached hydrogens (tertiary/aromatic N) is 4. The van der Waals surface area contributed by atoms with Gasteiger partial charge >= 0.3 is 0 Å². The molecule has 0 saturated carbocycles. The summed E-state index contributed by atoms with van der Waals surface area (Å²) in [4.78, 5) is 37.5. The van der Waals surface area contributed by atoms with Gasteiger partial charge in [-0.3, -0.25) is 9.59 Å². The molecule has 2 atom stereocenters. The van der Waals surface area contributed by atoms with Gasteiger partial charge in [0.25, 0.3) is 5.91 Å². The maximum atomic E-state index is 13.0. The van der Waals surface area contributed by atoms with Crippen LogP contribution >= 0.6 is 0 Å². The predicted octanol–water partition coefficient (Wildman–Crippen LogP) is 1.82. The zero-order chi connectivity index (χ0) is 19.7. The van der Waals surface area contributed by atoms with Crippen LogP contribution in [0.1, 0.15) is 35.0 Å². The van der Waals surface area contributed by atoms with E-state index in [1.165, 1.54) is 6.33 Å². The van der Waals surface area contributed by atoms with Crippen molar-refractivity contribution in [1.29, 1.82) is 0 Å². The first kappa shape index (κ1) is 18.6. The minimum atomic E-state index is -0.457. The quantitative estimate of drug-likeness (QED) is 0.812. The van der Waals surface area contributed by atoms with E-state index in [4.69, 9.17) is 4.74 Å². The second-order valence-corrected chi connectivity index (χ2v) is 7.65. The van der Waals surface area contributed by atoms with Gasteiger partial charge in [-0.05, 0) is 25.8 Å². The Bertz CT molecular complexity index is 888. The number of aryl methyl sites for hydroxylation is 1. The van der Waals surface area contributed by atoms with Crippen molar-refractivity contribution in [3.63, 3.8) is 0 Å². The standard InChI is InChI=1S/C21H24N4O3/c1-15-17(10-22-14-23-15)20(27)24-9-8-21(2)18(12-24)25(19(26)13-28-21)11-16-6-4-3-5-7-16/h3-7,10,14,18H,8-9,11-13H2,1-2H3/t18-,21-/m1/s1. The van der Waals surface area contributed by atoms with Crippen LogP contribution in [-0.2, 0) is 16.1 Å². The highest BCUT2D eigenvalue weighted by Gasteiger charge is 2.49. The summed E-state index contributed by atoms with van der Waals surface area (Å²) >= 11 is 0. The van der Waals surface area contributed by atoms with E-state index in [2.05, 4.69) is 9.97 Å². The number of fused-ring (bicyclic) bond motifs is 1. The van der Waals surface area contributed by atoms with E-state index in [1.807, 2.05) is 42.2 Å². The number of benzene rings is 1. The van der Waals surface area contributed by atoms with Crippen LogP contribution in [0.5, 0.6) is 0 Å². The lowest BCUT2D eigenvalue weighted by Gasteiger charge is -2.52. The number of piperidine rings is 1. The SMILES string of the molecule is Cc1ncncc1C(=O)N1CC[C@@]2(C)OCC(=O)N(Cc3ccccc3)[C@@H]2C1. The van der Waals surface area contributed by atoms with Gasteiger partial charge < -0.3 is 14.5 Å². The van der Waals surface area contributed by atoms with Crippen molar-refractivity contribution in [3.8, 4) is 0 Å². The van der Waals surface area contributed by atoms with Gasteiger partial charge in [0, 0.05) is 25.8 Å². The number of carbonyl (C=O) groups excluding carboxylic acids is 2. The molecule has 4 rings (SSSR count). The van der Waals surface area contributed by atoms with Gasteiger partial charge in [-0.15, -0.1) is 0 Å². The second-order valence-electron chi connectivity index (χ2n) is 7.65. The number of hydrogen-bond donors (Lipinski definition) is 0. The normalized spacial score (nSPS) is 24.8. The fourth-order valence-corrected chi connectivity index (χ4v) is 4.03. The number of likely N-dealkylation sites (tertiary alicyclic amines) is 1. The molecule has 1 aromatic heterocycles. The minimum Gasteiger partial charge on any atom is -0.363 e. The maximum absolute atomic E-state index is 13.0. The smallest absolute Gasteiger partial charge is 0.257 e. The van der Waals surface area contributed by atoms with Crippen LogP contribution in [0.15, 0.2) is 42.9 Å². The fraction of sp³-hybridized carbons (Fsp3) is 0.429. The van der Waals surface area contributed by atoms with Crippen LogP contribution in [0, 0.1) is 6.92 Å². The Balaban J connectivity index is 1.59. The first-order chi connectivity index (χ1) is 13.5. The highest BCUT2D eigenvalue weighted by atomic mass is 16.5. The van der Waals surface area contributed by atoms with Gasteiger partial charge in [-0.25, -0.2) is 9.97 Å². The van der Waals surface area contributed by atoms with Crippen molar-refractivity contribution < 1.29 is 14.3 Å². The number of aromatic nitrogens is 2. The van der Waals surface area contributed by atoms with Gasteiger partial charge in [0.1, 0.15) is 12.9 Å². The molecule has 0 aliphatic carbocycles. The van der Waals surface area contributed by atoms with Crippen LogP contribution in [0.3, 0.4) is 0 Å². The van der Waals surface area contributed by atoms with Crippen molar-refractivity contribution in [1.82, 2.24) is 19.8 Å². The van der Waals surface area contributed by atoms with E-state index in [9.17, 15) is 9.59 Å². The molecule has 2 aliphatic heterocycles. The molecule has 0 N–H and O–H groups in total. The Kier molecular flexibility index (Phi) is 4.85. The third-order valence-corrected chi connectivity index (χ3v) is 5.82. The van der Waals surface area contributed by atoms with Crippen LogP contribution < -0.4 is 0 Å². The first-order valence-corrected chi connectivity index (χ1v) is 9.51. The Morgan fingerprint density at radius 3 is 2.86 bits per heavy atom. The number of amides is 2. The molecule has 0 unspecified atom stereocenters. The summed E-state index contributed by atoms with van der Waals surface area (Å²) in [6.45, 7) is 5.45. The Morgan fingerprint density at radius 2 is 2.11 bits per heavy atom. The Hall–Kier alpha value is -2.80. The lowest BCUT2D eigenvalue weighted by molar-refractivity contribution is -0.186. The third kappa shape index (κ3) is 3.38. The first-order valence-electron chi connectivity index (χ1n) is 9.51. The maximum Gasteiger partial charge on any atom is 0.257 e. The molecule has 2 amide bonds. The molecule has 2 aromatic rings. The Morgan fingerprint density at radius 1 is 1.32 bits per heavy atom. The van der Waals surface area contributed by atoms with Crippen molar-refractivity contribution in [3.05, 3.63) is 59.7 Å². The highest BCUT2D eigenvalue weighted by Crippen LogP contribution is 2.34. The molecule has 28 heavy (non-hydrogen) atoms. The third-order valence-electron chi connectivity index (χ3n) is 5.82. The van der Waals surface area contributed by atoms with Crippen molar-refractivity contribution in [2.75, 3.05) is 19.7 Å². The van der Waals surface area contributed by atoms with Gasteiger partial charge in [-0.2, -0.15) is 0 Å².